The van der Waals surface area contributed by atoms with Crippen LogP contribution in [0.3, 0.4) is 0 Å². The molecule has 0 amide bonds. The highest BCUT2D eigenvalue weighted by atomic mass is 35.5. The van der Waals surface area contributed by atoms with Gasteiger partial charge in [-0.3, -0.25) is 4.79 Å². The molecule has 0 fully saturated rings. The van der Waals surface area contributed by atoms with Gasteiger partial charge in [0.1, 0.15) is 5.25 Å². The van der Waals surface area contributed by atoms with E-state index in [0.29, 0.717) is 41.9 Å². The van der Waals surface area contributed by atoms with Crippen molar-refractivity contribution in [2.45, 2.75) is 30.8 Å². The lowest BCUT2D eigenvalue weighted by Crippen LogP contribution is -2.15. The number of benzene rings is 1. The standard InChI is InChI=1S/C14H17ClO4S/c1-2-12(14(16)17)20-8-9-6-10(15)13-11(7-9)18-4-3-5-19-13/h6-7,12H,2-5,8H2,1H3,(H,16,17). The van der Waals surface area contributed by atoms with Gasteiger partial charge in [-0.1, -0.05) is 18.5 Å². The zero-order valence-electron chi connectivity index (χ0n) is 11.2. The molecule has 0 aromatic heterocycles. The van der Waals surface area contributed by atoms with Crippen molar-refractivity contribution >= 4 is 29.3 Å². The Hall–Kier alpha value is -1.07. The Morgan fingerprint density at radius 2 is 2.20 bits per heavy atom. The third-order valence-corrected chi connectivity index (χ3v) is 4.68. The normalized spacial score (nSPS) is 15.5. The van der Waals surface area contributed by atoms with E-state index in [1.165, 1.54) is 11.8 Å². The second-order valence-corrected chi connectivity index (χ2v) is 6.10. The van der Waals surface area contributed by atoms with Crippen LogP contribution in [0.2, 0.25) is 5.02 Å². The van der Waals surface area contributed by atoms with Gasteiger partial charge in [0, 0.05) is 12.2 Å². The summed E-state index contributed by atoms with van der Waals surface area (Å²) in [7, 11) is 0. The molecule has 1 atom stereocenters. The number of halogens is 1. The van der Waals surface area contributed by atoms with E-state index in [-0.39, 0.29) is 0 Å². The van der Waals surface area contributed by atoms with Crippen LogP contribution in [0.5, 0.6) is 11.5 Å². The fourth-order valence-electron chi connectivity index (χ4n) is 1.93. The summed E-state index contributed by atoms with van der Waals surface area (Å²) in [6.07, 6.45) is 1.42. The molecule has 0 saturated carbocycles. The number of carboxylic acid groups (broad SMARTS) is 1. The Morgan fingerprint density at radius 1 is 1.45 bits per heavy atom. The van der Waals surface area contributed by atoms with Gasteiger partial charge >= 0.3 is 5.97 Å². The summed E-state index contributed by atoms with van der Waals surface area (Å²) in [5.41, 5.74) is 0.948. The Balaban J connectivity index is 2.11. The molecule has 6 heteroatoms. The maximum absolute atomic E-state index is 11.0. The number of fused-ring (bicyclic) bond motifs is 1. The second kappa shape index (κ2) is 7.09. The highest BCUT2D eigenvalue weighted by Crippen LogP contribution is 2.39. The average molecular weight is 317 g/mol. The van der Waals surface area contributed by atoms with E-state index < -0.39 is 11.2 Å². The molecule has 2 rings (SSSR count). The van der Waals surface area contributed by atoms with E-state index in [1.54, 1.807) is 0 Å². The van der Waals surface area contributed by atoms with E-state index >= 15 is 0 Å². The van der Waals surface area contributed by atoms with Crippen LogP contribution in [0.15, 0.2) is 12.1 Å². The molecule has 1 aromatic rings. The van der Waals surface area contributed by atoms with Crippen molar-refractivity contribution in [3.05, 3.63) is 22.7 Å². The molecule has 0 saturated heterocycles. The number of carboxylic acids is 1. The zero-order chi connectivity index (χ0) is 14.5. The molecule has 1 aliphatic heterocycles. The summed E-state index contributed by atoms with van der Waals surface area (Å²) in [5.74, 6) is 1.04. The third kappa shape index (κ3) is 3.73. The van der Waals surface area contributed by atoms with Crippen molar-refractivity contribution in [2.75, 3.05) is 13.2 Å². The molecule has 1 N–H and O–H groups in total. The zero-order valence-corrected chi connectivity index (χ0v) is 12.8. The van der Waals surface area contributed by atoms with E-state index in [0.717, 1.165) is 12.0 Å². The van der Waals surface area contributed by atoms with Crippen LogP contribution >= 0.6 is 23.4 Å². The van der Waals surface area contributed by atoms with Gasteiger partial charge in [0.15, 0.2) is 11.5 Å². The van der Waals surface area contributed by atoms with Crippen LogP contribution in [0.4, 0.5) is 0 Å². The number of aliphatic carboxylic acids is 1. The third-order valence-electron chi connectivity index (χ3n) is 2.96. The summed E-state index contributed by atoms with van der Waals surface area (Å²) in [4.78, 5) is 11.0. The smallest absolute Gasteiger partial charge is 0.316 e. The van der Waals surface area contributed by atoms with Crippen molar-refractivity contribution in [2.24, 2.45) is 0 Å². The van der Waals surface area contributed by atoms with Crippen LogP contribution in [0, 0.1) is 0 Å². The molecule has 1 aliphatic rings. The summed E-state index contributed by atoms with van der Waals surface area (Å²) in [6, 6.07) is 3.70. The lowest BCUT2D eigenvalue weighted by atomic mass is 10.2. The quantitative estimate of drug-likeness (QED) is 0.899. The largest absolute Gasteiger partial charge is 0.489 e. The number of thioether (sulfide) groups is 1. The predicted octanol–water partition coefficient (Wildman–Crippen LogP) is 3.60. The summed E-state index contributed by atoms with van der Waals surface area (Å²) >= 11 is 7.59. The van der Waals surface area contributed by atoms with E-state index in [2.05, 4.69) is 0 Å². The lowest BCUT2D eigenvalue weighted by Gasteiger charge is -2.13. The minimum Gasteiger partial charge on any atom is -0.489 e. The minimum atomic E-state index is -0.780. The second-order valence-electron chi connectivity index (χ2n) is 4.50. The van der Waals surface area contributed by atoms with Gasteiger partial charge in [-0.25, -0.2) is 0 Å². The number of hydrogen-bond donors (Lipinski definition) is 1. The highest BCUT2D eigenvalue weighted by Gasteiger charge is 2.18. The van der Waals surface area contributed by atoms with Gasteiger partial charge in [0.25, 0.3) is 0 Å². The average Bonchev–Trinajstić information content (AvgIpc) is 2.64. The van der Waals surface area contributed by atoms with E-state index in [1.807, 2.05) is 19.1 Å². The topological polar surface area (TPSA) is 55.8 Å². The van der Waals surface area contributed by atoms with Gasteiger partial charge in [-0.15, -0.1) is 11.8 Å². The highest BCUT2D eigenvalue weighted by molar-refractivity contribution is 7.99. The first kappa shape index (κ1) is 15.3. The van der Waals surface area contributed by atoms with E-state index in [9.17, 15) is 4.79 Å². The Labute approximate surface area is 127 Å². The number of carbonyl (C=O) groups is 1. The maximum atomic E-state index is 11.0. The molecule has 4 nitrogen and oxygen atoms in total. The van der Waals surface area contributed by atoms with E-state index in [4.69, 9.17) is 26.2 Å². The van der Waals surface area contributed by atoms with Crippen LogP contribution in [-0.4, -0.2) is 29.5 Å². The van der Waals surface area contributed by atoms with Crippen molar-refractivity contribution in [1.29, 1.82) is 0 Å². The van der Waals surface area contributed by atoms with Crippen molar-refractivity contribution < 1.29 is 19.4 Å². The Morgan fingerprint density at radius 3 is 2.90 bits per heavy atom. The number of ether oxygens (including phenoxy) is 2. The van der Waals surface area contributed by atoms with Gasteiger partial charge in [0.05, 0.1) is 18.2 Å². The first-order chi connectivity index (χ1) is 9.61. The van der Waals surface area contributed by atoms with Gasteiger partial charge in [-0.2, -0.15) is 0 Å². The Bertz CT molecular complexity index is 492. The van der Waals surface area contributed by atoms with Crippen LogP contribution in [-0.2, 0) is 10.5 Å². The molecule has 0 spiro atoms. The molecule has 0 radical (unpaired) electrons. The van der Waals surface area contributed by atoms with Crippen molar-refractivity contribution in [3.8, 4) is 11.5 Å². The molecule has 1 unspecified atom stereocenters. The fourth-order valence-corrected chi connectivity index (χ4v) is 3.15. The molecular weight excluding hydrogens is 300 g/mol. The van der Waals surface area contributed by atoms with Crippen molar-refractivity contribution in [3.63, 3.8) is 0 Å². The minimum absolute atomic E-state index is 0.398. The summed E-state index contributed by atoms with van der Waals surface area (Å²) in [5, 5.41) is 9.16. The van der Waals surface area contributed by atoms with Gasteiger partial charge < -0.3 is 14.6 Å². The van der Waals surface area contributed by atoms with Gasteiger partial charge in [0.2, 0.25) is 0 Å². The SMILES string of the molecule is CCC(SCc1cc(Cl)c2c(c1)OCCCO2)C(=O)O. The van der Waals surface area contributed by atoms with Crippen LogP contribution in [0.1, 0.15) is 25.3 Å². The molecule has 1 aromatic carbocycles. The summed E-state index contributed by atoms with van der Waals surface area (Å²) < 4.78 is 11.2. The molecule has 0 bridgehead atoms. The molecule has 0 aliphatic carbocycles. The molecular formula is C14H17ClO4S. The predicted molar refractivity (Wildman–Crippen MR) is 80.1 cm³/mol. The summed E-state index contributed by atoms with van der Waals surface area (Å²) in [6.45, 7) is 3.07. The van der Waals surface area contributed by atoms with Crippen molar-refractivity contribution in [1.82, 2.24) is 0 Å². The van der Waals surface area contributed by atoms with Gasteiger partial charge in [-0.05, 0) is 24.1 Å². The monoisotopic (exact) mass is 316 g/mol. The van der Waals surface area contributed by atoms with Crippen LogP contribution in [0.25, 0.3) is 0 Å². The maximum Gasteiger partial charge on any atom is 0.316 e. The first-order valence-corrected chi connectivity index (χ1v) is 7.97. The Kier molecular flexibility index (Phi) is 5.43. The number of hydrogen-bond acceptors (Lipinski definition) is 4. The first-order valence-electron chi connectivity index (χ1n) is 6.54. The molecule has 20 heavy (non-hydrogen) atoms. The molecule has 1 heterocycles. The molecule has 110 valence electrons. The van der Waals surface area contributed by atoms with Crippen LogP contribution < -0.4 is 9.47 Å². The number of rotatable bonds is 5. The lowest BCUT2D eigenvalue weighted by molar-refractivity contribution is -0.136. The fraction of sp³-hybridized carbons (Fsp3) is 0.500.